The standard InChI is InChI=1S/C15H12N2O6/c18-6-7-23-10-3-1-2-8-12(10)15(22)17(14(8)21)9-4-5-11(19)16-13(9)20/h1-3,6,9H,4-5,7H2,(H,16,19,20)/t9-/m0/s1. The lowest BCUT2D eigenvalue weighted by Gasteiger charge is -2.27. The molecule has 1 aromatic carbocycles. The summed E-state index contributed by atoms with van der Waals surface area (Å²) in [4.78, 5) is 59.5. The number of rotatable bonds is 4. The van der Waals surface area contributed by atoms with Crippen molar-refractivity contribution in [3.63, 3.8) is 0 Å². The predicted molar refractivity (Wildman–Crippen MR) is 74.7 cm³/mol. The van der Waals surface area contributed by atoms with Crippen molar-refractivity contribution in [1.82, 2.24) is 10.2 Å². The number of nitrogens with one attached hydrogen (secondary N) is 1. The topological polar surface area (TPSA) is 110 Å². The van der Waals surface area contributed by atoms with Gasteiger partial charge in [0.05, 0.1) is 11.1 Å². The third kappa shape index (κ3) is 2.37. The summed E-state index contributed by atoms with van der Waals surface area (Å²) in [5, 5.41) is 2.12. The Labute approximate surface area is 130 Å². The highest BCUT2D eigenvalue weighted by molar-refractivity contribution is 6.24. The fourth-order valence-corrected chi connectivity index (χ4v) is 2.73. The van der Waals surface area contributed by atoms with Crippen molar-refractivity contribution in [2.24, 2.45) is 0 Å². The summed E-state index contributed by atoms with van der Waals surface area (Å²) < 4.78 is 5.17. The number of hydrogen-bond acceptors (Lipinski definition) is 6. The third-order valence-corrected chi connectivity index (χ3v) is 3.74. The number of imide groups is 2. The van der Waals surface area contributed by atoms with Crippen molar-refractivity contribution in [2.45, 2.75) is 18.9 Å². The van der Waals surface area contributed by atoms with E-state index < -0.39 is 29.7 Å². The second kappa shape index (κ2) is 5.64. The summed E-state index contributed by atoms with van der Waals surface area (Å²) in [7, 11) is 0. The number of hydrogen-bond donors (Lipinski definition) is 1. The molecule has 8 nitrogen and oxygen atoms in total. The maximum atomic E-state index is 12.6. The van der Waals surface area contributed by atoms with E-state index in [1.807, 2.05) is 0 Å². The van der Waals surface area contributed by atoms with E-state index in [0.29, 0.717) is 6.29 Å². The Kier molecular flexibility index (Phi) is 3.65. The van der Waals surface area contributed by atoms with Gasteiger partial charge in [0.2, 0.25) is 11.8 Å². The van der Waals surface area contributed by atoms with Crippen LogP contribution in [0.2, 0.25) is 0 Å². The van der Waals surface area contributed by atoms with Crippen molar-refractivity contribution in [2.75, 3.05) is 6.61 Å². The molecule has 0 unspecified atom stereocenters. The van der Waals surface area contributed by atoms with Gasteiger partial charge in [0, 0.05) is 6.42 Å². The molecule has 8 heteroatoms. The number of aldehydes is 1. The molecule has 1 atom stereocenters. The molecule has 2 aliphatic rings. The zero-order chi connectivity index (χ0) is 16.6. The molecule has 118 valence electrons. The fraction of sp³-hybridized carbons (Fsp3) is 0.267. The number of carbonyl (C=O) groups excluding carboxylic acids is 5. The molecule has 1 fully saturated rings. The Hall–Kier alpha value is -3.03. The van der Waals surface area contributed by atoms with E-state index in [1.54, 1.807) is 0 Å². The number of carbonyl (C=O) groups is 5. The van der Waals surface area contributed by atoms with Crippen LogP contribution in [0.25, 0.3) is 0 Å². The first-order chi connectivity index (χ1) is 11.0. The molecule has 2 aliphatic heterocycles. The number of nitrogens with zero attached hydrogens (tertiary/aromatic N) is 1. The second-order valence-corrected chi connectivity index (χ2v) is 5.10. The van der Waals surface area contributed by atoms with Crippen LogP contribution in [0.4, 0.5) is 0 Å². The zero-order valence-electron chi connectivity index (χ0n) is 11.9. The van der Waals surface area contributed by atoms with Crippen molar-refractivity contribution >= 4 is 29.9 Å². The summed E-state index contributed by atoms with van der Waals surface area (Å²) in [6.45, 7) is -0.254. The molecule has 4 amide bonds. The highest BCUT2D eigenvalue weighted by Crippen LogP contribution is 2.33. The van der Waals surface area contributed by atoms with Gasteiger partial charge in [0.15, 0.2) is 6.29 Å². The van der Waals surface area contributed by atoms with Crippen LogP contribution in [-0.2, 0) is 14.4 Å². The second-order valence-electron chi connectivity index (χ2n) is 5.10. The number of amides is 4. The molecule has 0 saturated carbocycles. The van der Waals surface area contributed by atoms with E-state index in [-0.39, 0.29) is 36.3 Å². The van der Waals surface area contributed by atoms with Crippen LogP contribution >= 0.6 is 0 Å². The molecule has 0 spiro atoms. The molecular formula is C15H12N2O6. The van der Waals surface area contributed by atoms with E-state index in [4.69, 9.17) is 4.74 Å². The lowest BCUT2D eigenvalue weighted by atomic mass is 10.0. The molecule has 1 saturated heterocycles. The van der Waals surface area contributed by atoms with Gasteiger partial charge in [0.25, 0.3) is 11.8 Å². The Morgan fingerprint density at radius 2 is 2.00 bits per heavy atom. The Balaban J connectivity index is 1.96. The summed E-state index contributed by atoms with van der Waals surface area (Å²) in [5.41, 5.74) is 0.146. The minimum Gasteiger partial charge on any atom is -0.485 e. The van der Waals surface area contributed by atoms with E-state index in [0.717, 1.165) is 4.90 Å². The lowest BCUT2D eigenvalue weighted by Crippen LogP contribution is -2.54. The normalized spacial score (nSPS) is 20.3. The van der Waals surface area contributed by atoms with Crippen LogP contribution in [0, 0.1) is 0 Å². The number of fused-ring (bicyclic) bond motifs is 1. The van der Waals surface area contributed by atoms with Gasteiger partial charge in [-0.1, -0.05) is 6.07 Å². The van der Waals surface area contributed by atoms with Crippen molar-refractivity contribution in [3.05, 3.63) is 29.3 Å². The van der Waals surface area contributed by atoms with Gasteiger partial charge >= 0.3 is 0 Å². The monoisotopic (exact) mass is 316 g/mol. The van der Waals surface area contributed by atoms with Gasteiger partial charge in [-0.3, -0.25) is 34.2 Å². The van der Waals surface area contributed by atoms with Crippen LogP contribution in [0.15, 0.2) is 18.2 Å². The minimum atomic E-state index is -1.03. The first kappa shape index (κ1) is 14.9. The minimum absolute atomic E-state index is 0.0315. The van der Waals surface area contributed by atoms with Crippen LogP contribution in [-0.4, -0.2) is 47.5 Å². The molecule has 2 heterocycles. The summed E-state index contributed by atoms with van der Waals surface area (Å²) in [6.07, 6.45) is 0.664. The molecule has 0 aromatic heterocycles. The smallest absolute Gasteiger partial charge is 0.266 e. The molecule has 0 bridgehead atoms. The first-order valence-electron chi connectivity index (χ1n) is 6.95. The summed E-state index contributed by atoms with van der Waals surface area (Å²) in [6, 6.07) is 3.42. The Morgan fingerprint density at radius 3 is 2.70 bits per heavy atom. The molecule has 1 N–H and O–H groups in total. The summed E-state index contributed by atoms with van der Waals surface area (Å²) >= 11 is 0. The van der Waals surface area contributed by atoms with Crippen LogP contribution < -0.4 is 10.1 Å². The van der Waals surface area contributed by atoms with Crippen molar-refractivity contribution in [3.8, 4) is 5.75 Å². The highest BCUT2D eigenvalue weighted by atomic mass is 16.5. The quantitative estimate of drug-likeness (QED) is 0.601. The van der Waals surface area contributed by atoms with Crippen molar-refractivity contribution < 1.29 is 28.7 Å². The van der Waals surface area contributed by atoms with E-state index in [9.17, 15) is 24.0 Å². The molecule has 1 aromatic rings. The number of benzene rings is 1. The van der Waals surface area contributed by atoms with E-state index in [1.165, 1.54) is 18.2 Å². The SMILES string of the molecule is O=CCOc1cccc2c1C(=O)N([C@H]1CCC(=O)NC1=O)C2=O. The van der Waals surface area contributed by atoms with Crippen LogP contribution in [0.1, 0.15) is 33.6 Å². The largest absolute Gasteiger partial charge is 0.485 e. The van der Waals surface area contributed by atoms with Gasteiger partial charge < -0.3 is 4.74 Å². The first-order valence-corrected chi connectivity index (χ1v) is 6.95. The van der Waals surface area contributed by atoms with Gasteiger partial charge in [-0.05, 0) is 18.6 Å². The Morgan fingerprint density at radius 1 is 1.22 bits per heavy atom. The van der Waals surface area contributed by atoms with Crippen molar-refractivity contribution in [1.29, 1.82) is 0 Å². The third-order valence-electron chi connectivity index (χ3n) is 3.74. The average molecular weight is 316 g/mol. The van der Waals surface area contributed by atoms with E-state index >= 15 is 0 Å². The van der Waals surface area contributed by atoms with Crippen LogP contribution in [0.5, 0.6) is 5.75 Å². The predicted octanol–water partition coefficient (Wildman–Crippen LogP) is -0.335. The molecular weight excluding hydrogens is 304 g/mol. The Bertz CT molecular complexity index is 741. The number of piperidine rings is 1. The molecule has 0 aliphatic carbocycles. The maximum absolute atomic E-state index is 12.6. The summed E-state index contributed by atoms with van der Waals surface area (Å²) in [5.74, 6) is -2.27. The molecule has 3 rings (SSSR count). The van der Waals surface area contributed by atoms with Gasteiger partial charge in [-0.15, -0.1) is 0 Å². The zero-order valence-corrected chi connectivity index (χ0v) is 11.9. The highest BCUT2D eigenvalue weighted by Gasteiger charge is 2.45. The van der Waals surface area contributed by atoms with Crippen LogP contribution in [0.3, 0.4) is 0 Å². The fourth-order valence-electron chi connectivity index (χ4n) is 2.73. The average Bonchev–Trinajstić information content (AvgIpc) is 2.78. The number of ether oxygens (including phenoxy) is 1. The van der Waals surface area contributed by atoms with Gasteiger partial charge in [-0.25, -0.2) is 0 Å². The van der Waals surface area contributed by atoms with E-state index in [2.05, 4.69) is 5.32 Å². The van der Waals surface area contributed by atoms with Gasteiger partial charge in [-0.2, -0.15) is 0 Å². The van der Waals surface area contributed by atoms with Gasteiger partial charge in [0.1, 0.15) is 18.4 Å². The molecule has 23 heavy (non-hydrogen) atoms. The lowest BCUT2D eigenvalue weighted by molar-refractivity contribution is -0.136. The molecule has 0 radical (unpaired) electrons. The maximum Gasteiger partial charge on any atom is 0.266 e.